The van der Waals surface area contributed by atoms with Crippen LogP contribution in [-0.4, -0.2) is 41.4 Å². The summed E-state index contributed by atoms with van der Waals surface area (Å²) in [6, 6.07) is 1.61. The number of ether oxygens (including phenoxy) is 1. The largest absolute Gasteiger partial charge is 0.468 e. The van der Waals surface area contributed by atoms with Crippen molar-refractivity contribution in [2.75, 3.05) is 19.4 Å². The van der Waals surface area contributed by atoms with Gasteiger partial charge in [-0.1, -0.05) is 18.7 Å². The summed E-state index contributed by atoms with van der Waals surface area (Å²) >= 11 is 1.55. The zero-order valence-corrected chi connectivity index (χ0v) is 11.8. The topological polar surface area (TPSA) is 64.1 Å². The number of nitrogens with zero attached hydrogens (tertiary/aromatic N) is 2. The van der Waals surface area contributed by atoms with Crippen LogP contribution in [0.4, 0.5) is 0 Å². The molecule has 0 aliphatic rings. The van der Waals surface area contributed by atoms with Crippen molar-refractivity contribution in [3.63, 3.8) is 0 Å². The van der Waals surface area contributed by atoms with E-state index in [4.69, 9.17) is 4.74 Å². The van der Waals surface area contributed by atoms with Gasteiger partial charge in [0, 0.05) is 17.6 Å². The molecule has 100 valence electrons. The molecule has 0 aliphatic carbocycles. The Hall–Kier alpha value is -1.14. The Morgan fingerprint density at radius 1 is 1.61 bits per heavy atom. The summed E-state index contributed by atoms with van der Waals surface area (Å²) in [4.78, 5) is 19.9. The maximum absolute atomic E-state index is 11.5. The van der Waals surface area contributed by atoms with Crippen molar-refractivity contribution in [2.24, 2.45) is 0 Å². The quantitative estimate of drug-likeness (QED) is 0.459. The zero-order chi connectivity index (χ0) is 13.4. The Morgan fingerprint density at radius 3 is 3.00 bits per heavy atom. The molecule has 1 aromatic rings. The van der Waals surface area contributed by atoms with Crippen LogP contribution in [-0.2, 0) is 9.53 Å². The highest BCUT2D eigenvalue weighted by atomic mass is 32.2. The normalized spacial score (nSPS) is 12.2. The molecular weight excluding hydrogens is 250 g/mol. The number of hydrogen-bond donors (Lipinski definition) is 1. The number of hydrogen-bond acceptors (Lipinski definition) is 6. The average molecular weight is 269 g/mol. The zero-order valence-electron chi connectivity index (χ0n) is 11.0. The van der Waals surface area contributed by atoms with Crippen LogP contribution in [0.2, 0.25) is 0 Å². The second-order valence-corrected chi connectivity index (χ2v) is 4.81. The number of aromatic nitrogens is 2. The number of aryl methyl sites for hydroxylation is 1. The van der Waals surface area contributed by atoms with Crippen LogP contribution in [0.25, 0.3) is 0 Å². The summed E-state index contributed by atoms with van der Waals surface area (Å²) < 4.78 is 4.74. The molecule has 0 fully saturated rings. The number of methoxy groups -OCH3 is 1. The maximum Gasteiger partial charge on any atom is 0.322 e. The van der Waals surface area contributed by atoms with Gasteiger partial charge in [-0.2, -0.15) is 0 Å². The molecule has 1 aromatic heterocycles. The van der Waals surface area contributed by atoms with E-state index in [0.717, 1.165) is 23.1 Å². The molecule has 0 aliphatic heterocycles. The molecule has 5 nitrogen and oxygen atoms in total. The molecule has 1 N–H and O–H groups in total. The first-order valence-corrected chi connectivity index (χ1v) is 6.89. The highest BCUT2D eigenvalue weighted by Crippen LogP contribution is 2.14. The van der Waals surface area contributed by atoms with E-state index in [1.165, 1.54) is 7.11 Å². The Bertz CT molecular complexity index is 387. The van der Waals surface area contributed by atoms with E-state index < -0.39 is 0 Å². The number of esters is 1. The SMILES string of the molecule is CCNC(CCSc1nccc(C)n1)C(=O)OC. The fourth-order valence-electron chi connectivity index (χ4n) is 1.46. The first-order chi connectivity index (χ1) is 8.67. The van der Waals surface area contributed by atoms with Crippen LogP contribution in [0.3, 0.4) is 0 Å². The summed E-state index contributed by atoms with van der Waals surface area (Å²) in [6.07, 6.45) is 2.44. The third kappa shape index (κ3) is 5.01. The molecule has 0 amide bonds. The minimum Gasteiger partial charge on any atom is -0.468 e. The van der Waals surface area contributed by atoms with E-state index in [2.05, 4.69) is 15.3 Å². The van der Waals surface area contributed by atoms with E-state index in [1.807, 2.05) is 19.9 Å². The van der Waals surface area contributed by atoms with Crippen LogP contribution >= 0.6 is 11.8 Å². The van der Waals surface area contributed by atoms with Crippen molar-refractivity contribution in [1.29, 1.82) is 0 Å². The lowest BCUT2D eigenvalue weighted by molar-refractivity contribution is -0.143. The van der Waals surface area contributed by atoms with Crippen LogP contribution in [0.1, 0.15) is 19.0 Å². The lowest BCUT2D eigenvalue weighted by Gasteiger charge is -2.14. The van der Waals surface area contributed by atoms with Gasteiger partial charge < -0.3 is 10.1 Å². The summed E-state index contributed by atoms with van der Waals surface area (Å²) in [7, 11) is 1.41. The second-order valence-electron chi connectivity index (χ2n) is 3.75. The number of nitrogens with one attached hydrogen (secondary N) is 1. The number of carbonyl (C=O) groups is 1. The predicted molar refractivity (Wildman–Crippen MR) is 71.6 cm³/mol. The molecule has 18 heavy (non-hydrogen) atoms. The van der Waals surface area contributed by atoms with Crippen LogP contribution in [0, 0.1) is 6.92 Å². The fraction of sp³-hybridized carbons (Fsp3) is 0.583. The first-order valence-electron chi connectivity index (χ1n) is 5.91. The van der Waals surface area contributed by atoms with E-state index in [-0.39, 0.29) is 12.0 Å². The molecule has 1 heterocycles. The van der Waals surface area contributed by atoms with Gasteiger partial charge in [0.15, 0.2) is 5.16 Å². The Morgan fingerprint density at radius 2 is 2.39 bits per heavy atom. The second kappa shape index (κ2) is 8.05. The Labute approximate surface area is 112 Å². The molecule has 0 saturated carbocycles. The van der Waals surface area contributed by atoms with Crippen molar-refractivity contribution in [1.82, 2.24) is 15.3 Å². The standard InChI is InChI=1S/C12H19N3O2S/c1-4-13-10(11(16)17-3)6-8-18-12-14-7-5-9(2)15-12/h5,7,10,13H,4,6,8H2,1-3H3. The van der Waals surface area contributed by atoms with Gasteiger partial charge in [-0.15, -0.1) is 0 Å². The van der Waals surface area contributed by atoms with E-state index in [1.54, 1.807) is 18.0 Å². The van der Waals surface area contributed by atoms with Gasteiger partial charge in [-0.3, -0.25) is 4.79 Å². The van der Waals surface area contributed by atoms with Crippen molar-refractivity contribution in [3.8, 4) is 0 Å². The Balaban J connectivity index is 2.41. The minimum atomic E-state index is -0.252. The lowest BCUT2D eigenvalue weighted by atomic mass is 10.2. The molecular formula is C12H19N3O2S. The molecule has 0 radical (unpaired) electrons. The van der Waals surface area contributed by atoms with Gasteiger partial charge in [0.1, 0.15) is 6.04 Å². The van der Waals surface area contributed by atoms with Crippen LogP contribution < -0.4 is 5.32 Å². The summed E-state index contributed by atoms with van der Waals surface area (Å²) in [6.45, 7) is 4.64. The molecule has 0 aromatic carbocycles. The third-order valence-electron chi connectivity index (χ3n) is 2.35. The summed E-state index contributed by atoms with van der Waals surface area (Å²) in [5.41, 5.74) is 0.948. The van der Waals surface area contributed by atoms with Crippen molar-refractivity contribution < 1.29 is 9.53 Å². The van der Waals surface area contributed by atoms with Crippen molar-refractivity contribution in [3.05, 3.63) is 18.0 Å². The monoisotopic (exact) mass is 269 g/mol. The van der Waals surface area contributed by atoms with Gasteiger partial charge in [0.25, 0.3) is 0 Å². The number of likely N-dealkylation sites (N-methyl/N-ethyl adjacent to an activating group) is 1. The van der Waals surface area contributed by atoms with Crippen LogP contribution in [0.15, 0.2) is 17.4 Å². The molecule has 6 heteroatoms. The van der Waals surface area contributed by atoms with E-state index in [9.17, 15) is 4.79 Å². The van der Waals surface area contributed by atoms with Gasteiger partial charge in [-0.05, 0) is 26.0 Å². The van der Waals surface area contributed by atoms with Crippen molar-refractivity contribution in [2.45, 2.75) is 31.5 Å². The highest BCUT2D eigenvalue weighted by Gasteiger charge is 2.17. The molecule has 0 spiro atoms. The molecule has 0 saturated heterocycles. The number of thioether (sulfide) groups is 1. The maximum atomic E-state index is 11.5. The Kier molecular flexibility index (Phi) is 6.67. The van der Waals surface area contributed by atoms with Gasteiger partial charge in [0.2, 0.25) is 0 Å². The molecule has 0 bridgehead atoms. The summed E-state index contributed by atoms with van der Waals surface area (Å²) in [5, 5.41) is 3.85. The van der Waals surface area contributed by atoms with E-state index >= 15 is 0 Å². The molecule has 1 atom stereocenters. The first kappa shape index (κ1) is 14.9. The van der Waals surface area contributed by atoms with E-state index in [0.29, 0.717) is 6.42 Å². The predicted octanol–water partition coefficient (Wildman–Crippen LogP) is 1.42. The fourth-order valence-corrected chi connectivity index (χ4v) is 2.34. The average Bonchev–Trinajstić information content (AvgIpc) is 2.37. The highest BCUT2D eigenvalue weighted by molar-refractivity contribution is 7.99. The smallest absolute Gasteiger partial charge is 0.322 e. The molecule has 1 unspecified atom stereocenters. The minimum absolute atomic E-state index is 0.220. The van der Waals surface area contributed by atoms with Gasteiger partial charge in [-0.25, -0.2) is 9.97 Å². The molecule has 1 rings (SSSR count). The summed E-state index contributed by atoms with van der Waals surface area (Å²) in [5.74, 6) is 0.554. The van der Waals surface area contributed by atoms with Crippen molar-refractivity contribution >= 4 is 17.7 Å². The number of carbonyl (C=O) groups excluding carboxylic acids is 1. The van der Waals surface area contributed by atoms with Crippen LogP contribution in [0.5, 0.6) is 0 Å². The lowest BCUT2D eigenvalue weighted by Crippen LogP contribution is -2.37. The number of rotatable bonds is 7. The van der Waals surface area contributed by atoms with Gasteiger partial charge in [0.05, 0.1) is 7.11 Å². The third-order valence-corrected chi connectivity index (χ3v) is 3.24. The van der Waals surface area contributed by atoms with Gasteiger partial charge >= 0.3 is 5.97 Å².